The second kappa shape index (κ2) is 6.35. The van der Waals surface area contributed by atoms with Crippen molar-refractivity contribution in [2.45, 2.75) is 32.2 Å². The lowest BCUT2D eigenvalue weighted by Crippen LogP contribution is -2.37. The molecule has 1 aliphatic heterocycles. The molecule has 0 aromatic heterocycles. The highest BCUT2D eigenvalue weighted by atomic mass is 16.5. The number of aliphatic hydroxyl groups is 1. The molecule has 0 amide bonds. The van der Waals surface area contributed by atoms with Crippen LogP contribution in [0, 0.1) is 5.92 Å². The maximum absolute atomic E-state index is 8.92. The Kier molecular flexibility index (Phi) is 5.35. The Morgan fingerprint density at radius 1 is 1.62 bits per heavy atom. The number of hydrogen-bond donors (Lipinski definition) is 2. The Bertz CT molecular complexity index is 124. The van der Waals surface area contributed by atoms with Crippen LogP contribution >= 0.6 is 0 Å². The van der Waals surface area contributed by atoms with Crippen molar-refractivity contribution < 1.29 is 9.84 Å². The predicted molar refractivity (Wildman–Crippen MR) is 52.7 cm³/mol. The predicted octanol–water partition coefficient (Wildman–Crippen LogP) is 0.773. The van der Waals surface area contributed by atoms with Crippen LogP contribution in [0.1, 0.15) is 26.2 Å². The highest BCUT2D eigenvalue weighted by Crippen LogP contribution is 2.18. The Hall–Kier alpha value is -0.120. The standard InChI is InChI=1S/C10H21NO2/c1-2-5-11-10(3-6-12)9-4-7-13-8-9/h9-12H,2-8H2,1H3. The van der Waals surface area contributed by atoms with Crippen LogP contribution < -0.4 is 5.32 Å². The van der Waals surface area contributed by atoms with E-state index in [0.717, 1.165) is 39.0 Å². The van der Waals surface area contributed by atoms with Gasteiger partial charge in [0.15, 0.2) is 0 Å². The van der Waals surface area contributed by atoms with Crippen molar-refractivity contribution in [2.75, 3.05) is 26.4 Å². The lowest BCUT2D eigenvalue weighted by molar-refractivity contribution is 0.168. The lowest BCUT2D eigenvalue weighted by Gasteiger charge is -2.22. The molecule has 0 spiro atoms. The molecule has 1 saturated heterocycles. The van der Waals surface area contributed by atoms with E-state index in [1.165, 1.54) is 0 Å². The Labute approximate surface area is 80.5 Å². The molecule has 3 heteroatoms. The molecule has 2 unspecified atom stereocenters. The third-order valence-electron chi connectivity index (χ3n) is 2.63. The van der Waals surface area contributed by atoms with E-state index >= 15 is 0 Å². The SMILES string of the molecule is CCCNC(CCO)C1CCOC1. The van der Waals surface area contributed by atoms with Crippen LogP contribution in [0.4, 0.5) is 0 Å². The van der Waals surface area contributed by atoms with Crippen LogP contribution in [0.3, 0.4) is 0 Å². The van der Waals surface area contributed by atoms with Gasteiger partial charge in [-0.3, -0.25) is 0 Å². The van der Waals surface area contributed by atoms with Gasteiger partial charge < -0.3 is 15.2 Å². The fourth-order valence-corrected chi connectivity index (χ4v) is 1.84. The molecular weight excluding hydrogens is 166 g/mol. The molecule has 2 atom stereocenters. The van der Waals surface area contributed by atoms with Crippen molar-refractivity contribution in [3.05, 3.63) is 0 Å². The quantitative estimate of drug-likeness (QED) is 0.645. The summed E-state index contributed by atoms with van der Waals surface area (Å²) in [5.74, 6) is 0.610. The molecule has 3 nitrogen and oxygen atoms in total. The van der Waals surface area contributed by atoms with E-state index in [9.17, 15) is 0 Å². The summed E-state index contributed by atoms with van der Waals surface area (Å²) in [5.41, 5.74) is 0. The second-order valence-corrected chi connectivity index (χ2v) is 3.70. The summed E-state index contributed by atoms with van der Waals surface area (Å²) in [4.78, 5) is 0. The van der Waals surface area contributed by atoms with Crippen LogP contribution in [0.25, 0.3) is 0 Å². The van der Waals surface area contributed by atoms with E-state index in [0.29, 0.717) is 12.0 Å². The van der Waals surface area contributed by atoms with Crippen molar-refractivity contribution >= 4 is 0 Å². The van der Waals surface area contributed by atoms with Crippen molar-refractivity contribution in [1.82, 2.24) is 5.32 Å². The van der Waals surface area contributed by atoms with E-state index in [2.05, 4.69) is 12.2 Å². The number of aliphatic hydroxyl groups excluding tert-OH is 1. The van der Waals surface area contributed by atoms with E-state index in [1.807, 2.05) is 0 Å². The number of nitrogens with one attached hydrogen (secondary N) is 1. The number of ether oxygens (including phenoxy) is 1. The molecule has 1 fully saturated rings. The van der Waals surface area contributed by atoms with E-state index in [-0.39, 0.29) is 6.61 Å². The zero-order chi connectivity index (χ0) is 9.52. The smallest absolute Gasteiger partial charge is 0.0510 e. The third-order valence-corrected chi connectivity index (χ3v) is 2.63. The maximum atomic E-state index is 8.92. The van der Waals surface area contributed by atoms with Gasteiger partial charge in [-0.05, 0) is 31.7 Å². The zero-order valence-electron chi connectivity index (χ0n) is 8.46. The molecule has 78 valence electrons. The number of rotatable bonds is 6. The second-order valence-electron chi connectivity index (χ2n) is 3.70. The monoisotopic (exact) mass is 187 g/mol. The van der Waals surface area contributed by atoms with Gasteiger partial charge in [-0.1, -0.05) is 6.92 Å². The van der Waals surface area contributed by atoms with Crippen LogP contribution in [0.2, 0.25) is 0 Å². The van der Waals surface area contributed by atoms with Gasteiger partial charge in [-0.25, -0.2) is 0 Å². The highest BCUT2D eigenvalue weighted by Gasteiger charge is 2.24. The Morgan fingerprint density at radius 3 is 3.00 bits per heavy atom. The Balaban J connectivity index is 2.26. The van der Waals surface area contributed by atoms with Crippen LogP contribution in [0.5, 0.6) is 0 Å². The van der Waals surface area contributed by atoms with Crippen LogP contribution in [-0.4, -0.2) is 37.5 Å². The summed E-state index contributed by atoms with van der Waals surface area (Å²) in [6.45, 7) is 5.23. The summed E-state index contributed by atoms with van der Waals surface area (Å²) in [5, 5.41) is 12.4. The topological polar surface area (TPSA) is 41.5 Å². The minimum absolute atomic E-state index is 0.276. The fraction of sp³-hybridized carbons (Fsp3) is 1.00. The Morgan fingerprint density at radius 2 is 2.46 bits per heavy atom. The summed E-state index contributed by atoms with van der Waals surface area (Å²) in [6.07, 6.45) is 3.14. The molecule has 2 N–H and O–H groups in total. The molecule has 0 aliphatic carbocycles. The van der Waals surface area contributed by atoms with Crippen LogP contribution in [-0.2, 0) is 4.74 Å². The van der Waals surface area contributed by atoms with Gasteiger partial charge in [-0.2, -0.15) is 0 Å². The molecular formula is C10H21NO2. The summed E-state index contributed by atoms with van der Waals surface area (Å²) in [6, 6.07) is 0.451. The molecule has 0 bridgehead atoms. The molecule has 0 radical (unpaired) electrons. The van der Waals surface area contributed by atoms with Crippen molar-refractivity contribution in [1.29, 1.82) is 0 Å². The summed E-state index contributed by atoms with van der Waals surface area (Å²) in [7, 11) is 0. The first kappa shape index (κ1) is 11.0. The third kappa shape index (κ3) is 3.63. The molecule has 0 aromatic carbocycles. The average Bonchev–Trinajstić information content (AvgIpc) is 2.65. The first-order valence-corrected chi connectivity index (χ1v) is 5.30. The molecule has 0 aromatic rings. The summed E-state index contributed by atoms with van der Waals surface area (Å²) >= 11 is 0. The average molecular weight is 187 g/mol. The van der Waals surface area contributed by atoms with Crippen molar-refractivity contribution in [3.63, 3.8) is 0 Å². The van der Waals surface area contributed by atoms with E-state index < -0.39 is 0 Å². The van der Waals surface area contributed by atoms with Gasteiger partial charge in [0.05, 0.1) is 6.61 Å². The summed E-state index contributed by atoms with van der Waals surface area (Å²) < 4.78 is 5.34. The fourth-order valence-electron chi connectivity index (χ4n) is 1.84. The minimum Gasteiger partial charge on any atom is -0.396 e. The van der Waals surface area contributed by atoms with Gasteiger partial charge in [-0.15, -0.1) is 0 Å². The van der Waals surface area contributed by atoms with Gasteiger partial charge >= 0.3 is 0 Å². The molecule has 13 heavy (non-hydrogen) atoms. The van der Waals surface area contributed by atoms with E-state index in [4.69, 9.17) is 9.84 Å². The van der Waals surface area contributed by atoms with Gasteiger partial charge in [0.25, 0.3) is 0 Å². The highest BCUT2D eigenvalue weighted by molar-refractivity contribution is 4.78. The molecule has 1 heterocycles. The maximum Gasteiger partial charge on any atom is 0.0510 e. The van der Waals surface area contributed by atoms with Crippen LogP contribution in [0.15, 0.2) is 0 Å². The van der Waals surface area contributed by atoms with Gasteiger partial charge in [0, 0.05) is 19.3 Å². The minimum atomic E-state index is 0.276. The molecule has 1 rings (SSSR count). The van der Waals surface area contributed by atoms with Crippen molar-refractivity contribution in [2.24, 2.45) is 5.92 Å². The molecule has 0 saturated carbocycles. The van der Waals surface area contributed by atoms with E-state index in [1.54, 1.807) is 0 Å². The zero-order valence-corrected chi connectivity index (χ0v) is 8.46. The normalized spacial score (nSPS) is 24.9. The van der Waals surface area contributed by atoms with Crippen molar-refractivity contribution in [3.8, 4) is 0 Å². The lowest BCUT2D eigenvalue weighted by atomic mass is 9.96. The number of hydrogen-bond acceptors (Lipinski definition) is 3. The molecule has 1 aliphatic rings. The first-order valence-electron chi connectivity index (χ1n) is 5.30. The van der Waals surface area contributed by atoms with Gasteiger partial charge in [0.1, 0.15) is 0 Å². The van der Waals surface area contributed by atoms with Gasteiger partial charge in [0.2, 0.25) is 0 Å². The first-order chi connectivity index (χ1) is 6.38. The largest absolute Gasteiger partial charge is 0.396 e.